The summed E-state index contributed by atoms with van der Waals surface area (Å²) in [6, 6.07) is 5.27. The Balaban J connectivity index is 2.18. The number of hydrazine groups is 1. The van der Waals surface area contributed by atoms with Crippen molar-refractivity contribution < 1.29 is 4.79 Å². The fourth-order valence-electron chi connectivity index (χ4n) is 1.52. The van der Waals surface area contributed by atoms with E-state index in [-0.39, 0.29) is 5.91 Å². The van der Waals surface area contributed by atoms with Crippen LogP contribution in [0.5, 0.6) is 0 Å². The van der Waals surface area contributed by atoms with Crippen molar-refractivity contribution in [2.45, 2.75) is 13.8 Å². The summed E-state index contributed by atoms with van der Waals surface area (Å²) < 4.78 is 0. The number of carbonyl (C=O) groups is 1. The summed E-state index contributed by atoms with van der Waals surface area (Å²) in [7, 11) is 0. The number of nitrogens with one attached hydrogen (secondary N) is 2. The zero-order valence-electron chi connectivity index (χ0n) is 10.0. The number of carbonyl (C=O) groups excluding carboxylic acids is 1. The van der Waals surface area contributed by atoms with E-state index >= 15 is 0 Å². The van der Waals surface area contributed by atoms with Crippen LogP contribution in [0.15, 0.2) is 18.2 Å². The molecule has 0 spiro atoms. The fourth-order valence-corrected chi connectivity index (χ4v) is 2.11. The number of amides is 1. The summed E-state index contributed by atoms with van der Waals surface area (Å²) in [6.07, 6.45) is 0. The van der Waals surface area contributed by atoms with Crippen molar-refractivity contribution in [1.82, 2.24) is 10.2 Å². The SMILES string of the molecule is Cc1nnc(NC(=O)c2ccc(NN)cc2C)s1. The van der Waals surface area contributed by atoms with Crippen LogP contribution >= 0.6 is 11.3 Å². The maximum absolute atomic E-state index is 12.0. The molecular formula is C11H13N5OS. The Morgan fingerprint density at radius 1 is 1.33 bits per heavy atom. The lowest BCUT2D eigenvalue weighted by molar-refractivity contribution is 0.102. The van der Waals surface area contributed by atoms with Crippen LogP contribution in [-0.2, 0) is 0 Å². The lowest BCUT2D eigenvalue weighted by Crippen LogP contribution is -2.14. The van der Waals surface area contributed by atoms with Gasteiger partial charge in [0, 0.05) is 11.3 Å². The molecule has 2 rings (SSSR count). The molecule has 1 heterocycles. The highest BCUT2D eigenvalue weighted by atomic mass is 32.1. The van der Waals surface area contributed by atoms with E-state index in [4.69, 9.17) is 5.84 Å². The van der Waals surface area contributed by atoms with Gasteiger partial charge < -0.3 is 5.43 Å². The Hall–Kier alpha value is -1.99. The lowest BCUT2D eigenvalue weighted by atomic mass is 10.1. The number of nitrogen functional groups attached to an aromatic ring is 1. The third-order valence-electron chi connectivity index (χ3n) is 2.38. The molecular weight excluding hydrogens is 250 g/mol. The number of benzene rings is 1. The van der Waals surface area contributed by atoms with Gasteiger partial charge in [-0.2, -0.15) is 0 Å². The number of aryl methyl sites for hydroxylation is 2. The predicted octanol–water partition coefficient (Wildman–Crippen LogP) is 1.69. The molecule has 0 bridgehead atoms. The van der Waals surface area contributed by atoms with Gasteiger partial charge in [-0.15, -0.1) is 10.2 Å². The highest BCUT2D eigenvalue weighted by Gasteiger charge is 2.11. The van der Waals surface area contributed by atoms with E-state index in [2.05, 4.69) is 20.9 Å². The van der Waals surface area contributed by atoms with Crippen molar-refractivity contribution in [3.05, 3.63) is 34.3 Å². The smallest absolute Gasteiger partial charge is 0.257 e. The molecule has 6 nitrogen and oxygen atoms in total. The predicted molar refractivity (Wildman–Crippen MR) is 71.6 cm³/mol. The summed E-state index contributed by atoms with van der Waals surface area (Å²) >= 11 is 1.34. The lowest BCUT2D eigenvalue weighted by Gasteiger charge is -2.07. The van der Waals surface area contributed by atoms with E-state index in [0.29, 0.717) is 10.7 Å². The van der Waals surface area contributed by atoms with Crippen molar-refractivity contribution >= 4 is 28.1 Å². The number of nitrogens with two attached hydrogens (primary N) is 1. The van der Waals surface area contributed by atoms with E-state index in [9.17, 15) is 4.79 Å². The first-order chi connectivity index (χ1) is 8.60. The number of hydrogen-bond acceptors (Lipinski definition) is 6. The van der Waals surface area contributed by atoms with Crippen molar-refractivity contribution in [2.75, 3.05) is 10.7 Å². The van der Waals surface area contributed by atoms with Crippen LogP contribution in [0.3, 0.4) is 0 Å². The Morgan fingerprint density at radius 3 is 2.67 bits per heavy atom. The number of rotatable bonds is 3. The molecule has 7 heteroatoms. The molecule has 1 amide bonds. The molecule has 0 aliphatic heterocycles. The molecule has 0 atom stereocenters. The molecule has 4 N–H and O–H groups in total. The van der Waals surface area contributed by atoms with Gasteiger partial charge >= 0.3 is 0 Å². The topological polar surface area (TPSA) is 92.9 Å². The van der Waals surface area contributed by atoms with E-state index < -0.39 is 0 Å². The molecule has 1 aromatic heterocycles. The Morgan fingerprint density at radius 2 is 2.11 bits per heavy atom. The van der Waals surface area contributed by atoms with E-state index in [1.165, 1.54) is 11.3 Å². The first-order valence-corrected chi connectivity index (χ1v) is 6.10. The molecule has 0 aliphatic carbocycles. The molecule has 0 saturated carbocycles. The van der Waals surface area contributed by atoms with Gasteiger partial charge in [0.25, 0.3) is 5.91 Å². The number of anilines is 2. The summed E-state index contributed by atoms with van der Waals surface area (Å²) in [5, 5.41) is 11.7. The van der Waals surface area contributed by atoms with Gasteiger partial charge in [0.2, 0.25) is 5.13 Å². The van der Waals surface area contributed by atoms with Gasteiger partial charge in [0.1, 0.15) is 5.01 Å². The van der Waals surface area contributed by atoms with Gasteiger partial charge in [-0.1, -0.05) is 11.3 Å². The van der Waals surface area contributed by atoms with E-state index in [1.54, 1.807) is 18.2 Å². The second-order valence-corrected chi connectivity index (χ2v) is 4.94. The highest BCUT2D eigenvalue weighted by molar-refractivity contribution is 7.15. The highest BCUT2D eigenvalue weighted by Crippen LogP contribution is 2.18. The summed E-state index contributed by atoms with van der Waals surface area (Å²) in [4.78, 5) is 12.0. The van der Waals surface area contributed by atoms with Gasteiger partial charge in [-0.25, -0.2) is 0 Å². The van der Waals surface area contributed by atoms with Crippen LogP contribution in [-0.4, -0.2) is 16.1 Å². The van der Waals surface area contributed by atoms with Crippen LogP contribution < -0.4 is 16.6 Å². The van der Waals surface area contributed by atoms with Crippen LogP contribution in [0.2, 0.25) is 0 Å². The van der Waals surface area contributed by atoms with Gasteiger partial charge in [-0.05, 0) is 37.6 Å². The zero-order chi connectivity index (χ0) is 13.1. The summed E-state index contributed by atoms with van der Waals surface area (Å²) in [5.41, 5.74) is 4.72. The molecule has 0 aliphatic rings. The van der Waals surface area contributed by atoms with E-state index in [1.807, 2.05) is 13.8 Å². The molecule has 0 unspecified atom stereocenters. The summed E-state index contributed by atoms with van der Waals surface area (Å²) in [5.74, 6) is 5.10. The molecule has 1 aromatic carbocycles. The van der Waals surface area contributed by atoms with Crippen molar-refractivity contribution in [2.24, 2.45) is 5.84 Å². The Kier molecular flexibility index (Phi) is 3.54. The number of nitrogens with zero attached hydrogens (tertiary/aromatic N) is 2. The minimum absolute atomic E-state index is 0.202. The maximum atomic E-state index is 12.0. The molecule has 18 heavy (non-hydrogen) atoms. The normalized spacial score (nSPS) is 10.2. The van der Waals surface area contributed by atoms with Crippen LogP contribution in [0.25, 0.3) is 0 Å². The second-order valence-electron chi connectivity index (χ2n) is 3.75. The van der Waals surface area contributed by atoms with Gasteiger partial charge in [0.15, 0.2) is 0 Å². The first-order valence-electron chi connectivity index (χ1n) is 5.29. The minimum Gasteiger partial charge on any atom is -0.324 e. The first kappa shape index (κ1) is 12.5. The maximum Gasteiger partial charge on any atom is 0.257 e. The number of aromatic nitrogens is 2. The van der Waals surface area contributed by atoms with Crippen molar-refractivity contribution in [1.29, 1.82) is 0 Å². The van der Waals surface area contributed by atoms with Crippen molar-refractivity contribution in [3.63, 3.8) is 0 Å². The minimum atomic E-state index is -0.202. The quantitative estimate of drug-likeness (QED) is 0.579. The van der Waals surface area contributed by atoms with Crippen molar-refractivity contribution in [3.8, 4) is 0 Å². The second kappa shape index (κ2) is 5.11. The summed E-state index contributed by atoms with van der Waals surface area (Å²) in [6.45, 7) is 3.68. The standard InChI is InChI=1S/C11H13N5OS/c1-6-5-8(14-12)3-4-9(6)10(17)13-11-16-15-7(2)18-11/h3-5,14H,12H2,1-2H3,(H,13,16,17). The molecule has 0 radical (unpaired) electrons. The Labute approximate surface area is 108 Å². The fraction of sp³-hybridized carbons (Fsp3) is 0.182. The zero-order valence-corrected chi connectivity index (χ0v) is 10.8. The van der Waals surface area contributed by atoms with Gasteiger partial charge in [0.05, 0.1) is 0 Å². The van der Waals surface area contributed by atoms with Crippen LogP contribution in [0, 0.1) is 13.8 Å². The van der Waals surface area contributed by atoms with Crippen LogP contribution in [0.4, 0.5) is 10.8 Å². The monoisotopic (exact) mass is 263 g/mol. The largest absolute Gasteiger partial charge is 0.324 e. The van der Waals surface area contributed by atoms with Crippen LogP contribution in [0.1, 0.15) is 20.9 Å². The third-order valence-corrected chi connectivity index (χ3v) is 3.14. The molecule has 0 fully saturated rings. The average molecular weight is 263 g/mol. The third kappa shape index (κ3) is 2.63. The Bertz CT molecular complexity index is 581. The number of hydrogen-bond donors (Lipinski definition) is 3. The molecule has 0 saturated heterocycles. The van der Waals surface area contributed by atoms with Gasteiger partial charge in [-0.3, -0.25) is 16.0 Å². The molecule has 2 aromatic rings. The average Bonchev–Trinajstić information content (AvgIpc) is 2.74. The van der Waals surface area contributed by atoms with E-state index in [0.717, 1.165) is 16.3 Å². The molecule has 94 valence electrons.